The molecule has 2 aliphatic rings. The summed E-state index contributed by atoms with van der Waals surface area (Å²) >= 11 is 0. The standard InChI is InChI=1S/C17H23F2N/c1-16(2)12-6-7-17(16,3)15(9-12)20-10-11-4-5-13(18)14(19)8-11/h4-5,8,12,15,20H,6-7,9-10H2,1-3H3. The van der Waals surface area contributed by atoms with Crippen LogP contribution in [0.2, 0.25) is 0 Å². The van der Waals surface area contributed by atoms with Crippen molar-refractivity contribution in [3.8, 4) is 0 Å². The van der Waals surface area contributed by atoms with Crippen molar-refractivity contribution in [2.24, 2.45) is 16.7 Å². The van der Waals surface area contributed by atoms with E-state index in [2.05, 4.69) is 26.1 Å². The van der Waals surface area contributed by atoms with Gasteiger partial charge in [-0.1, -0.05) is 26.8 Å². The molecule has 2 aliphatic carbocycles. The Labute approximate surface area is 119 Å². The fourth-order valence-corrected chi connectivity index (χ4v) is 4.40. The second-order valence-corrected chi connectivity index (χ2v) is 7.29. The summed E-state index contributed by atoms with van der Waals surface area (Å²) in [7, 11) is 0. The summed E-state index contributed by atoms with van der Waals surface area (Å²) in [5.41, 5.74) is 1.50. The molecule has 3 unspecified atom stereocenters. The first-order chi connectivity index (χ1) is 9.34. The molecule has 110 valence electrons. The molecule has 2 fully saturated rings. The molecular formula is C17H23F2N. The number of fused-ring (bicyclic) bond motifs is 2. The molecule has 3 rings (SSSR count). The molecule has 0 radical (unpaired) electrons. The Kier molecular flexibility index (Phi) is 3.16. The third-order valence-corrected chi connectivity index (χ3v) is 6.33. The van der Waals surface area contributed by atoms with Gasteiger partial charge in [0.15, 0.2) is 11.6 Å². The highest BCUT2D eigenvalue weighted by atomic mass is 19.2. The van der Waals surface area contributed by atoms with Gasteiger partial charge in [-0.2, -0.15) is 0 Å². The van der Waals surface area contributed by atoms with Gasteiger partial charge >= 0.3 is 0 Å². The van der Waals surface area contributed by atoms with Crippen LogP contribution in [0.5, 0.6) is 0 Å². The van der Waals surface area contributed by atoms with Crippen LogP contribution in [-0.2, 0) is 6.54 Å². The molecule has 0 amide bonds. The van der Waals surface area contributed by atoms with E-state index in [0.29, 0.717) is 23.4 Å². The van der Waals surface area contributed by atoms with Crippen molar-refractivity contribution in [1.29, 1.82) is 0 Å². The molecule has 0 aliphatic heterocycles. The Morgan fingerprint density at radius 2 is 1.95 bits per heavy atom. The number of nitrogens with one attached hydrogen (secondary N) is 1. The fraction of sp³-hybridized carbons (Fsp3) is 0.647. The maximum Gasteiger partial charge on any atom is 0.159 e. The maximum atomic E-state index is 13.2. The van der Waals surface area contributed by atoms with Gasteiger partial charge in [-0.25, -0.2) is 8.78 Å². The van der Waals surface area contributed by atoms with Crippen LogP contribution in [-0.4, -0.2) is 6.04 Å². The molecule has 2 saturated carbocycles. The van der Waals surface area contributed by atoms with Crippen LogP contribution in [0.4, 0.5) is 8.78 Å². The molecular weight excluding hydrogens is 256 g/mol. The van der Waals surface area contributed by atoms with Gasteiger partial charge in [-0.3, -0.25) is 0 Å². The van der Waals surface area contributed by atoms with Crippen molar-refractivity contribution in [2.75, 3.05) is 0 Å². The van der Waals surface area contributed by atoms with E-state index < -0.39 is 11.6 Å². The van der Waals surface area contributed by atoms with E-state index in [4.69, 9.17) is 0 Å². The van der Waals surface area contributed by atoms with Crippen molar-refractivity contribution in [1.82, 2.24) is 5.32 Å². The predicted molar refractivity (Wildman–Crippen MR) is 76.2 cm³/mol. The summed E-state index contributed by atoms with van der Waals surface area (Å²) in [5, 5.41) is 3.58. The summed E-state index contributed by atoms with van der Waals surface area (Å²) in [6, 6.07) is 4.64. The first-order valence-electron chi connectivity index (χ1n) is 7.52. The molecule has 20 heavy (non-hydrogen) atoms. The molecule has 2 bridgehead atoms. The highest BCUT2D eigenvalue weighted by molar-refractivity contribution is 5.19. The molecule has 0 heterocycles. The van der Waals surface area contributed by atoms with Crippen LogP contribution in [0.3, 0.4) is 0 Å². The normalized spacial score (nSPS) is 34.6. The summed E-state index contributed by atoms with van der Waals surface area (Å²) in [6.07, 6.45) is 3.79. The smallest absolute Gasteiger partial charge is 0.159 e. The van der Waals surface area contributed by atoms with Gasteiger partial charge in [0.1, 0.15) is 0 Å². The minimum atomic E-state index is -0.776. The largest absolute Gasteiger partial charge is 0.309 e. The van der Waals surface area contributed by atoms with E-state index in [0.717, 1.165) is 11.5 Å². The number of benzene rings is 1. The summed E-state index contributed by atoms with van der Waals surface area (Å²) in [5.74, 6) is -0.750. The molecule has 1 aromatic rings. The second kappa shape index (κ2) is 4.52. The van der Waals surface area contributed by atoms with Gasteiger partial charge in [-0.05, 0) is 53.7 Å². The van der Waals surface area contributed by atoms with Crippen molar-refractivity contribution in [3.63, 3.8) is 0 Å². The third-order valence-electron chi connectivity index (χ3n) is 6.33. The van der Waals surface area contributed by atoms with Crippen LogP contribution in [0, 0.1) is 28.4 Å². The summed E-state index contributed by atoms with van der Waals surface area (Å²) in [6.45, 7) is 7.75. The monoisotopic (exact) mass is 279 g/mol. The van der Waals surface area contributed by atoms with Crippen LogP contribution >= 0.6 is 0 Å². The SMILES string of the molecule is CC1(C)C2CCC1(C)C(NCc1ccc(F)c(F)c1)C2. The van der Waals surface area contributed by atoms with Crippen LogP contribution < -0.4 is 5.32 Å². The number of hydrogen-bond donors (Lipinski definition) is 1. The molecule has 3 heteroatoms. The number of halogens is 2. The van der Waals surface area contributed by atoms with Crippen molar-refractivity contribution >= 4 is 0 Å². The summed E-state index contributed by atoms with van der Waals surface area (Å²) in [4.78, 5) is 0. The van der Waals surface area contributed by atoms with Crippen LogP contribution in [0.15, 0.2) is 18.2 Å². The van der Waals surface area contributed by atoms with Crippen molar-refractivity contribution in [2.45, 2.75) is 52.6 Å². The first-order valence-corrected chi connectivity index (χ1v) is 7.52. The topological polar surface area (TPSA) is 12.0 Å². The molecule has 1 nitrogen and oxygen atoms in total. The van der Waals surface area contributed by atoms with Gasteiger partial charge in [0, 0.05) is 12.6 Å². The molecule has 1 aromatic carbocycles. The Morgan fingerprint density at radius 1 is 1.20 bits per heavy atom. The van der Waals surface area contributed by atoms with E-state index in [-0.39, 0.29) is 0 Å². The van der Waals surface area contributed by atoms with E-state index in [1.54, 1.807) is 6.07 Å². The number of hydrogen-bond acceptors (Lipinski definition) is 1. The average Bonchev–Trinajstić information content (AvgIpc) is 2.73. The van der Waals surface area contributed by atoms with Crippen molar-refractivity contribution < 1.29 is 8.78 Å². The molecule has 0 saturated heterocycles. The van der Waals surface area contributed by atoms with Gasteiger partial charge in [-0.15, -0.1) is 0 Å². The van der Waals surface area contributed by atoms with Gasteiger partial charge in [0.25, 0.3) is 0 Å². The molecule has 0 spiro atoms. The molecule has 0 aromatic heterocycles. The molecule has 1 N–H and O–H groups in total. The van der Waals surface area contributed by atoms with E-state index in [1.807, 2.05) is 0 Å². The van der Waals surface area contributed by atoms with E-state index in [9.17, 15) is 8.78 Å². The van der Waals surface area contributed by atoms with E-state index >= 15 is 0 Å². The lowest BCUT2D eigenvalue weighted by molar-refractivity contribution is 0.120. The highest BCUT2D eigenvalue weighted by Crippen LogP contribution is 2.65. The zero-order valence-electron chi connectivity index (χ0n) is 12.5. The zero-order valence-corrected chi connectivity index (χ0v) is 12.5. The Balaban J connectivity index is 1.69. The number of rotatable bonds is 3. The van der Waals surface area contributed by atoms with Crippen molar-refractivity contribution in [3.05, 3.63) is 35.4 Å². The second-order valence-electron chi connectivity index (χ2n) is 7.29. The lowest BCUT2D eigenvalue weighted by Gasteiger charge is -2.39. The Hall–Kier alpha value is -0.960. The first kappa shape index (κ1) is 14.0. The van der Waals surface area contributed by atoms with Gasteiger partial charge in [0.2, 0.25) is 0 Å². The lowest BCUT2D eigenvalue weighted by atomic mass is 9.69. The summed E-state index contributed by atoms with van der Waals surface area (Å²) < 4.78 is 26.2. The third kappa shape index (κ3) is 1.90. The zero-order chi connectivity index (χ0) is 14.5. The Bertz CT molecular complexity index is 526. The fourth-order valence-electron chi connectivity index (χ4n) is 4.40. The highest BCUT2D eigenvalue weighted by Gasteiger charge is 2.60. The predicted octanol–water partition coefficient (Wildman–Crippen LogP) is 4.27. The van der Waals surface area contributed by atoms with Gasteiger partial charge < -0.3 is 5.32 Å². The minimum Gasteiger partial charge on any atom is -0.309 e. The molecule has 3 atom stereocenters. The lowest BCUT2D eigenvalue weighted by Crippen LogP contribution is -2.44. The quantitative estimate of drug-likeness (QED) is 0.871. The minimum absolute atomic E-state index is 0.316. The average molecular weight is 279 g/mol. The van der Waals surface area contributed by atoms with Gasteiger partial charge in [0.05, 0.1) is 0 Å². The van der Waals surface area contributed by atoms with Crippen LogP contribution in [0.25, 0.3) is 0 Å². The van der Waals surface area contributed by atoms with Crippen LogP contribution in [0.1, 0.15) is 45.6 Å². The Morgan fingerprint density at radius 3 is 2.50 bits per heavy atom. The van der Waals surface area contributed by atoms with E-state index in [1.165, 1.54) is 31.4 Å². The maximum absolute atomic E-state index is 13.2.